The summed E-state index contributed by atoms with van der Waals surface area (Å²) in [5.41, 5.74) is 0. The van der Waals surface area contributed by atoms with E-state index in [9.17, 15) is 19.5 Å². The number of unbranched alkanes of at least 4 members (excludes halogenated alkanes) is 16. The summed E-state index contributed by atoms with van der Waals surface area (Å²) < 4.78 is 22.6. The minimum absolute atomic E-state index is 0.0960. The highest BCUT2D eigenvalue weighted by atomic mass is 16.7. The number of carbonyl (C=O) groups excluding carboxylic acids is 3. The lowest BCUT2D eigenvalue weighted by atomic mass is 9.91. The van der Waals surface area contributed by atoms with E-state index < -0.39 is 6.16 Å². The monoisotopic (exact) mass is 813 g/mol. The maximum absolute atomic E-state index is 13.0. The van der Waals surface area contributed by atoms with Gasteiger partial charge < -0.3 is 29.0 Å². The van der Waals surface area contributed by atoms with E-state index in [-0.39, 0.29) is 37.9 Å². The van der Waals surface area contributed by atoms with Crippen molar-refractivity contribution in [1.82, 2.24) is 9.80 Å². The molecule has 0 aliphatic rings. The lowest BCUT2D eigenvalue weighted by Gasteiger charge is -2.26. The van der Waals surface area contributed by atoms with Gasteiger partial charge in [-0.3, -0.25) is 14.5 Å². The molecule has 338 valence electrons. The number of likely N-dealkylation sites (N-methyl/N-ethyl adjacent to an activating group) is 1. The Hall–Kier alpha value is -1.91. The van der Waals surface area contributed by atoms with Crippen LogP contribution in [0.5, 0.6) is 0 Å². The van der Waals surface area contributed by atoms with E-state index in [4.69, 9.17) is 18.9 Å². The number of ether oxygens (including phenoxy) is 4. The van der Waals surface area contributed by atoms with Crippen LogP contribution in [0.2, 0.25) is 0 Å². The van der Waals surface area contributed by atoms with Gasteiger partial charge in [-0.15, -0.1) is 0 Å². The van der Waals surface area contributed by atoms with Crippen molar-refractivity contribution in [3.05, 3.63) is 0 Å². The van der Waals surface area contributed by atoms with Gasteiger partial charge in [-0.05, 0) is 57.4 Å². The van der Waals surface area contributed by atoms with Gasteiger partial charge in [0.1, 0.15) is 19.3 Å². The number of aliphatic hydroxyl groups excluding tert-OH is 1. The first kappa shape index (κ1) is 55.1. The SMILES string of the molecule is CCCCCCCCOC(=O)CCCC(CCCCCC)OC(=O)OCCN(CCOC(=O)CC(CCCCCCC)CCCCCCC)CCN(CC)CCO. The fourth-order valence-corrected chi connectivity index (χ4v) is 7.30. The van der Waals surface area contributed by atoms with E-state index in [2.05, 4.69) is 44.4 Å². The number of hydrogen-bond donors (Lipinski definition) is 1. The molecule has 0 heterocycles. The second-order valence-electron chi connectivity index (χ2n) is 16.3. The molecule has 0 saturated heterocycles. The van der Waals surface area contributed by atoms with Crippen molar-refractivity contribution in [2.24, 2.45) is 5.92 Å². The zero-order valence-electron chi connectivity index (χ0n) is 38.0. The molecule has 0 spiro atoms. The van der Waals surface area contributed by atoms with Crippen molar-refractivity contribution >= 4 is 18.1 Å². The highest BCUT2D eigenvalue weighted by Gasteiger charge is 2.19. The second-order valence-corrected chi connectivity index (χ2v) is 16.3. The Morgan fingerprint density at radius 1 is 0.474 bits per heavy atom. The molecule has 57 heavy (non-hydrogen) atoms. The predicted octanol–water partition coefficient (Wildman–Crippen LogP) is 11.4. The highest BCUT2D eigenvalue weighted by Crippen LogP contribution is 2.23. The summed E-state index contributed by atoms with van der Waals surface area (Å²) in [4.78, 5) is 42.6. The van der Waals surface area contributed by atoms with E-state index in [1.165, 1.54) is 89.9 Å². The summed E-state index contributed by atoms with van der Waals surface area (Å²) in [6, 6.07) is 0. The fraction of sp³-hybridized carbons (Fsp3) is 0.936. The Bertz CT molecular complexity index is 893. The van der Waals surface area contributed by atoms with Crippen molar-refractivity contribution in [3.63, 3.8) is 0 Å². The van der Waals surface area contributed by atoms with Crippen LogP contribution >= 0.6 is 0 Å². The van der Waals surface area contributed by atoms with E-state index in [0.29, 0.717) is 64.4 Å². The number of aliphatic hydroxyl groups is 1. The van der Waals surface area contributed by atoms with Crippen LogP contribution in [-0.4, -0.2) is 105 Å². The summed E-state index contributed by atoms with van der Waals surface area (Å²) in [5, 5.41) is 9.49. The first-order valence-electron chi connectivity index (χ1n) is 24.0. The van der Waals surface area contributed by atoms with Gasteiger partial charge >= 0.3 is 18.1 Å². The van der Waals surface area contributed by atoms with Crippen LogP contribution in [0.15, 0.2) is 0 Å². The van der Waals surface area contributed by atoms with Crippen LogP contribution in [0.1, 0.15) is 208 Å². The molecule has 0 aliphatic heterocycles. The number of nitrogens with zero attached hydrogens (tertiary/aromatic N) is 2. The van der Waals surface area contributed by atoms with E-state index >= 15 is 0 Å². The molecule has 10 heteroatoms. The van der Waals surface area contributed by atoms with E-state index in [1.807, 2.05) is 0 Å². The second kappa shape index (κ2) is 42.2. The lowest BCUT2D eigenvalue weighted by Crippen LogP contribution is -2.40. The Morgan fingerprint density at radius 3 is 1.53 bits per heavy atom. The standard InChI is InChI=1S/C47H92N2O8/c1-6-11-15-19-22-26-39-54-45(51)32-27-31-44(30-25-18-14-9-4)57-47(53)56-41-37-49(34-33-48(10-5)35-38-50)36-40-55-46(52)42-43(28-23-20-16-12-7-2)29-24-21-17-13-8-3/h43-44,50H,6-42H2,1-5H3. The van der Waals surface area contributed by atoms with Crippen LogP contribution in [-0.2, 0) is 28.5 Å². The topological polar surface area (TPSA) is 115 Å². The number of hydrogen-bond acceptors (Lipinski definition) is 10. The highest BCUT2D eigenvalue weighted by molar-refractivity contribution is 5.69. The Balaban J connectivity index is 5.03. The number of carbonyl (C=O) groups is 3. The van der Waals surface area contributed by atoms with E-state index in [0.717, 1.165) is 70.9 Å². The average molecular weight is 813 g/mol. The van der Waals surface area contributed by atoms with Gasteiger partial charge in [-0.2, -0.15) is 0 Å². The molecule has 1 unspecified atom stereocenters. The molecule has 0 aromatic carbocycles. The van der Waals surface area contributed by atoms with Gasteiger partial charge in [-0.25, -0.2) is 4.79 Å². The predicted molar refractivity (Wildman–Crippen MR) is 235 cm³/mol. The van der Waals surface area contributed by atoms with Gasteiger partial charge in [0.15, 0.2) is 0 Å². The minimum Gasteiger partial charge on any atom is -0.466 e. The van der Waals surface area contributed by atoms with E-state index in [1.54, 1.807) is 0 Å². The summed E-state index contributed by atoms with van der Waals surface area (Å²) in [5.74, 6) is 0.0816. The molecule has 0 saturated carbocycles. The average Bonchev–Trinajstić information content (AvgIpc) is 3.19. The Morgan fingerprint density at radius 2 is 0.947 bits per heavy atom. The molecule has 0 bridgehead atoms. The molecule has 10 nitrogen and oxygen atoms in total. The maximum atomic E-state index is 13.0. The molecule has 0 amide bonds. The van der Waals surface area contributed by atoms with Crippen LogP contribution < -0.4 is 0 Å². The third-order valence-corrected chi connectivity index (χ3v) is 11.1. The summed E-state index contributed by atoms with van der Waals surface area (Å²) >= 11 is 0. The molecular formula is C47H92N2O8. The molecule has 0 aromatic heterocycles. The molecule has 0 aromatic rings. The first-order chi connectivity index (χ1) is 27.8. The van der Waals surface area contributed by atoms with Crippen LogP contribution in [0.25, 0.3) is 0 Å². The van der Waals surface area contributed by atoms with Gasteiger partial charge in [0.2, 0.25) is 0 Å². The lowest BCUT2D eigenvalue weighted by molar-refractivity contribution is -0.145. The smallest absolute Gasteiger partial charge is 0.466 e. The van der Waals surface area contributed by atoms with Crippen molar-refractivity contribution < 1.29 is 38.4 Å². The van der Waals surface area contributed by atoms with Crippen molar-refractivity contribution in [2.45, 2.75) is 214 Å². The molecule has 0 radical (unpaired) electrons. The zero-order chi connectivity index (χ0) is 42.0. The molecule has 0 aliphatic carbocycles. The third kappa shape index (κ3) is 36.9. The summed E-state index contributed by atoms with van der Waals surface area (Å²) in [7, 11) is 0. The molecule has 1 atom stereocenters. The normalized spacial score (nSPS) is 12.1. The van der Waals surface area contributed by atoms with Gasteiger partial charge in [0, 0.05) is 45.6 Å². The molecule has 1 N–H and O–H groups in total. The molecular weight excluding hydrogens is 721 g/mol. The van der Waals surface area contributed by atoms with Crippen molar-refractivity contribution in [2.75, 3.05) is 65.7 Å². The van der Waals surface area contributed by atoms with Crippen molar-refractivity contribution in [3.8, 4) is 0 Å². The Kier molecular flexibility index (Phi) is 40.8. The fourth-order valence-electron chi connectivity index (χ4n) is 7.30. The van der Waals surface area contributed by atoms with Gasteiger partial charge in [-0.1, -0.05) is 150 Å². The van der Waals surface area contributed by atoms with Gasteiger partial charge in [0.25, 0.3) is 0 Å². The molecule has 0 fully saturated rings. The number of rotatable bonds is 43. The third-order valence-electron chi connectivity index (χ3n) is 11.1. The largest absolute Gasteiger partial charge is 0.508 e. The number of esters is 2. The van der Waals surface area contributed by atoms with Crippen molar-refractivity contribution in [1.29, 1.82) is 0 Å². The van der Waals surface area contributed by atoms with Gasteiger partial charge in [0.05, 0.1) is 13.2 Å². The van der Waals surface area contributed by atoms with Crippen LogP contribution in [0.4, 0.5) is 4.79 Å². The van der Waals surface area contributed by atoms with Crippen LogP contribution in [0.3, 0.4) is 0 Å². The summed E-state index contributed by atoms with van der Waals surface area (Å²) in [6.07, 6.45) is 27.6. The quantitative estimate of drug-likeness (QED) is 0.0362. The zero-order valence-corrected chi connectivity index (χ0v) is 38.0. The van der Waals surface area contributed by atoms with Crippen LogP contribution in [0, 0.1) is 5.92 Å². The molecule has 0 rings (SSSR count). The maximum Gasteiger partial charge on any atom is 0.508 e. The Labute approximate surface area is 351 Å². The first-order valence-corrected chi connectivity index (χ1v) is 24.0. The summed E-state index contributed by atoms with van der Waals surface area (Å²) in [6.45, 7) is 15.8. The minimum atomic E-state index is -0.682.